The van der Waals surface area contributed by atoms with Crippen LogP contribution in [0.2, 0.25) is 0 Å². The highest BCUT2D eigenvalue weighted by molar-refractivity contribution is 7.86. The maximum absolute atomic E-state index is 12.0. The lowest BCUT2D eigenvalue weighted by molar-refractivity contribution is -0.140. The number of ether oxygens (including phenoxy) is 1. The molecule has 1 atom stereocenters. The summed E-state index contributed by atoms with van der Waals surface area (Å²) in [5.74, 6) is -1.17. The van der Waals surface area contributed by atoms with Gasteiger partial charge in [-0.1, -0.05) is 0 Å². The van der Waals surface area contributed by atoms with Crippen LogP contribution in [-0.4, -0.2) is 67.5 Å². The summed E-state index contributed by atoms with van der Waals surface area (Å²) in [6, 6.07) is -1.08. The van der Waals surface area contributed by atoms with Gasteiger partial charge in [-0.2, -0.15) is 17.0 Å². The molecule has 7 nitrogen and oxygen atoms in total. The van der Waals surface area contributed by atoms with E-state index in [0.717, 1.165) is 4.31 Å². The minimum atomic E-state index is -3.70. The Bertz CT molecular complexity index is 349. The zero-order chi connectivity index (χ0) is 12.3. The molecule has 1 saturated heterocycles. The maximum atomic E-state index is 12.0. The molecule has 1 heterocycles. The van der Waals surface area contributed by atoms with E-state index in [1.165, 1.54) is 18.3 Å². The van der Waals surface area contributed by atoms with Crippen molar-refractivity contribution in [2.24, 2.45) is 0 Å². The summed E-state index contributed by atoms with van der Waals surface area (Å²) in [5, 5.41) is 8.76. The van der Waals surface area contributed by atoms with Gasteiger partial charge in [-0.05, 0) is 6.92 Å². The summed E-state index contributed by atoms with van der Waals surface area (Å²) in [6.07, 6.45) is 0. The van der Waals surface area contributed by atoms with Crippen LogP contribution < -0.4 is 0 Å². The van der Waals surface area contributed by atoms with Crippen LogP contribution >= 0.6 is 0 Å². The summed E-state index contributed by atoms with van der Waals surface area (Å²) in [7, 11) is -2.43. The predicted molar refractivity (Wildman–Crippen MR) is 56.2 cm³/mol. The Hall–Kier alpha value is -0.700. The summed E-state index contributed by atoms with van der Waals surface area (Å²) in [6.45, 7) is 2.54. The number of carbonyl (C=O) groups is 1. The number of nitrogens with zero attached hydrogens (tertiary/aromatic N) is 2. The van der Waals surface area contributed by atoms with Gasteiger partial charge in [0.05, 0.1) is 13.2 Å². The van der Waals surface area contributed by atoms with Crippen molar-refractivity contribution in [3.63, 3.8) is 0 Å². The van der Waals surface area contributed by atoms with E-state index in [-0.39, 0.29) is 13.1 Å². The average molecular weight is 252 g/mol. The maximum Gasteiger partial charge on any atom is 0.321 e. The molecule has 1 unspecified atom stereocenters. The first-order valence-corrected chi connectivity index (χ1v) is 6.30. The fourth-order valence-corrected chi connectivity index (χ4v) is 2.78. The molecule has 0 amide bonds. The van der Waals surface area contributed by atoms with E-state index in [2.05, 4.69) is 0 Å². The Balaban J connectivity index is 2.79. The lowest BCUT2D eigenvalue weighted by Crippen LogP contribution is -2.51. The van der Waals surface area contributed by atoms with Crippen LogP contribution in [0.25, 0.3) is 0 Å². The smallest absolute Gasteiger partial charge is 0.321 e. The van der Waals surface area contributed by atoms with Gasteiger partial charge < -0.3 is 9.84 Å². The second kappa shape index (κ2) is 5.09. The molecule has 94 valence electrons. The molecule has 1 fully saturated rings. The summed E-state index contributed by atoms with van der Waals surface area (Å²) >= 11 is 0. The average Bonchev–Trinajstić information content (AvgIpc) is 2.28. The second-order valence-corrected chi connectivity index (χ2v) is 5.54. The topological polar surface area (TPSA) is 87.2 Å². The zero-order valence-corrected chi connectivity index (χ0v) is 10.1. The lowest BCUT2D eigenvalue weighted by atomic mass is 10.4. The Morgan fingerprint density at radius 2 is 1.94 bits per heavy atom. The van der Waals surface area contributed by atoms with E-state index in [0.29, 0.717) is 13.2 Å². The fourth-order valence-electron chi connectivity index (χ4n) is 1.31. The number of aliphatic carboxylic acids is 1. The Morgan fingerprint density at radius 1 is 1.44 bits per heavy atom. The SMILES string of the molecule is CC(C(=O)O)N(C)S(=O)(=O)N1CCOCC1. The molecule has 1 aliphatic heterocycles. The third-order valence-corrected chi connectivity index (χ3v) is 4.62. The Morgan fingerprint density at radius 3 is 2.38 bits per heavy atom. The molecule has 0 spiro atoms. The van der Waals surface area contributed by atoms with Crippen LogP contribution in [0.5, 0.6) is 0 Å². The van der Waals surface area contributed by atoms with Crippen molar-refractivity contribution in [3.8, 4) is 0 Å². The molecule has 1 N–H and O–H groups in total. The Kier molecular flexibility index (Phi) is 4.25. The van der Waals surface area contributed by atoms with E-state index in [9.17, 15) is 13.2 Å². The number of carboxylic acids is 1. The molecule has 0 aliphatic carbocycles. The Labute approximate surface area is 94.8 Å². The van der Waals surface area contributed by atoms with Crippen LogP contribution in [0.4, 0.5) is 0 Å². The molecule has 0 aromatic rings. The molecular formula is C8H16N2O5S. The molecule has 0 saturated carbocycles. The molecule has 0 aromatic carbocycles. The number of morpholine rings is 1. The molecule has 8 heteroatoms. The standard InChI is InChI=1S/C8H16N2O5S/c1-7(8(11)12)9(2)16(13,14)10-3-5-15-6-4-10/h7H,3-6H2,1-2H3,(H,11,12). The molecule has 0 radical (unpaired) electrons. The van der Waals surface area contributed by atoms with E-state index < -0.39 is 22.2 Å². The molecule has 1 aliphatic rings. The van der Waals surface area contributed by atoms with Gasteiger partial charge in [0.15, 0.2) is 0 Å². The highest BCUT2D eigenvalue weighted by Gasteiger charge is 2.33. The fraction of sp³-hybridized carbons (Fsp3) is 0.875. The number of hydrogen-bond acceptors (Lipinski definition) is 4. The van der Waals surface area contributed by atoms with Crippen LogP contribution in [0, 0.1) is 0 Å². The van der Waals surface area contributed by atoms with Crippen molar-refractivity contribution in [1.29, 1.82) is 0 Å². The van der Waals surface area contributed by atoms with E-state index in [1.807, 2.05) is 0 Å². The monoisotopic (exact) mass is 252 g/mol. The molecule has 1 rings (SSSR count). The third-order valence-electron chi connectivity index (χ3n) is 2.56. The first-order valence-electron chi connectivity index (χ1n) is 4.91. The zero-order valence-electron chi connectivity index (χ0n) is 9.29. The lowest BCUT2D eigenvalue weighted by Gasteiger charge is -2.31. The van der Waals surface area contributed by atoms with Crippen LogP contribution in [-0.2, 0) is 19.7 Å². The summed E-state index contributed by atoms with van der Waals surface area (Å²) in [4.78, 5) is 10.7. The molecule has 0 bridgehead atoms. The van der Waals surface area contributed by atoms with E-state index >= 15 is 0 Å². The van der Waals surface area contributed by atoms with Gasteiger partial charge in [0.25, 0.3) is 10.2 Å². The van der Waals surface area contributed by atoms with Gasteiger partial charge in [-0.3, -0.25) is 4.79 Å². The van der Waals surface area contributed by atoms with Gasteiger partial charge in [0.2, 0.25) is 0 Å². The van der Waals surface area contributed by atoms with Gasteiger partial charge in [0, 0.05) is 20.1 Å². The summed E-state index contributed by atoms with van der Waals surface area (Å²) < 4.78 is 31.1. The highest BCUT2D eigenvalue weighted by Crippen LogP contribution is 2.12. The molecule has 0 aromatic heterocycles. The minimum absolute atomic E-state index is 0.263. The third kappa shape index (κ3) is 2.70. The second-order valence-electron chi connectivity index (χ2n) is 3.55. The van der Waals surface area contributed by atoms with Crippen LogP contribution in [0.15, 0.2) is 0 Å². The quantitative estimate of drug-likeness (QED) is 0.691. The van der Waals surface area contributed by atoms with E-state index in [1.54, 1.807) is 0 Å². The van der Waals surface area contributed by atoms with E-state index in [4.69, 9.17) is 9.84 Å². The van der Waals surface area contributed by atoms with Gasteiger partial charge in [-0.15, -0.1) is 0 Å². The molecular weight excluding hydrogens is 236 g/mol. The first kappa shape index (κ1) is 13.4. The normalized spacial score (nSPS) is 20.9. The van der Waals surface area contributed by atoms with Crippen molar-refractivity contribution in [2.75, 3.05) is 33.4 Å². The minimum Gasteiger partial charge on any atom is -0.480 e. The number of likely N-dealkylation sites (N-methyl/N-ethyl adjacent to an activating group) is 1. The van der Waals surface area contributed by atoms with Crippen LogP contribution in [0.3, 0.4) is 0 Å². The van der Waals surface area contributed by atoms with Crippen LogP contribution in [0.1, 0.15) is 6.92 Å². The van der Waals surface area contributed by atoms with Crippen molar-refractivity contribution in [1.82, 2.24) is 8.61 Å². The van der Waals surface area contributed by atoms with Gasteiger partial charge in [0.1, 0.15) is 6.04 Å². The highest BCUT2D eigenvalue weighted by atomic mass is 32.2. The first-order chi connectivity index (χ1) is 7.37. The largest absolute Gasteiger partial charge is 0.480 e. The van der Waals surface area contributed by atoms with Gasteiger partial charge >= 0.3 is 5.97 Å². The number of rotatable bonds is 4. The van der Waals surface area contributed by atoms with Crippen molar-refractivity contribution in [3.05, 3.63) is 0 Å². The van der Waals surface area contributed by atoms with Crippen molar-refractivity contribution >= 4 is 16.2 Å². The molecule has 16 heavy (non-hydrogen) atoms. The van der Waals surface area contributed by atoms with Crippen molar-refractivity contribution < 1.29 is 23.1 Å². The van der Waals surface area contributed by atoms with Gasteiger partial charge in [-0.25, -0.2) is 0 Å². The number of carboxylic acid groups (broad SMARTS) is 1. The predicted octanol–water partition coefficient (Wildman–Crippen LogP) is -1.03. The number of hydrogen-bond donors (Lipinski definition) is 1. The summed E-state index contributed by atoms with van der Waals surface area (Å²) in [5.41, 5.74) is 0. The van der Waals surface area contributed by atoms with Crippen molar-refractivity contribution in [2.45, 2.75) is 13.0 Å².